The molecule has 1 amide bonds. The van der Waals surface area contributed by atoms with Gasteiger partial charge in [-0.3, -0.25) is 4.79 Å². The van der Waals surface area contributed by atoms with Gasteiger partial charge in [-0.2, -0.15) is 0 Å². The monoisotopic (exact) mass is 392 g/mol. The van der Waals surface area contributed by atoms with E-state index in [4.69, 9.17) is 0 Å². The number of piperazine rings is 2. The minimum Gasteiger partial charge on any atom is -0.369 e. The van der Waals surface area contributed by atoms with Gasteiger partial charge in [0, 0.05) is 70.2 Å². The highest BCUT2D eigenvalue weighted by Gasteiger charge is 2.21. The van der Waals surface area contributed by atoms with Crippen molar-refractivity contribution in [3.63, 3.8) is 0 Å². The van der Waals surface area contributed by atoms with E-state index in [1.807, 2.05) is 23.1 Å². The molecule has 2 aliphatic rings. The van der Waals surface area contributed by atoms with Gasteiger partial charge in [0.25, 0.3) is 0 Å². The third-order valence-corrected chi connectivity index (χ3v) is 6.19. The van der Waals surface area contributed by atoms with Crippen molar-refractivity contribution in [3.05, 3.63) is 60.2 Å². The first-order valence-electron chi connectivity index (χ1n) is 10.8. The van der Waals surface area contributed by atoms with E-state index in [0.29, 0.717) is 6.42 Å². The fourth-order valence-corrected chi connectivity index (χ4v) is 4.21. The van der Waals surface area contributed by atoms with E-state index in [0.717, 1.165) is 58.8 Å². The van der Waals surface area contributed by atoms with E-state index in [2.05, 4.69) is 58.1 Å². The van der Waals surface area contributed by atoms with Crippen LogP contribution in [0.15, 0.2) is 54.6 Å². The van der Waals surface area contributed by atoms with Crippen LogP contribution in [0.25, 0.3) is 0 Å². The quantitative estimate of drug-likeness (QED) is 0.783. The summed E-state index contributed by atoms with van der Waals surface area (Å²) in [4.78, 5) is 21.8. The van der Waals surface area contributed by atoms with Gasteiger partial charge in [-0.1, -0.05) is 30.3 Å². The Morgan fingerprint density at radius 2 is 1.24 bits per heavy atom. The van der Waals surface area contributed by atoms with Gasteiger partial charge in [0.05, 0.1) is 0 Å². The number of amides is 1. The summed E-state index contributed by atoms with van der Waals surface area (Å²) in [5.74, 6) is 0.277. The number of benzene rings is 2. The largest absolute Gasteiger partial charge is 0.369 e. The predicted octanol–water partition coefficient (Wildman–Crippen LogP) is 2.72. The molecule has 2 aromatic carbocycles. The Balaban J connectivity index is 1.25. The molecule has 0 spiro atoms. The summed E-state index contributed by atoms with van der Waals surface area (Å²) in [5.41, 5.74) is 3.82. The minimum absolute atomic E-state index is 0.277. The first-order valence-corrected chi connectivity index (χ1v) is 10.8. The molecule has 2 aliphatic heterocycles. The Bertz CT molecular complexity index is 776. The molecule has 5 heteroatoms. The van der Waals surface area contributed by atoms with Crippen LogP contribution in [0.2, 0.25) is 0 Å². The third-order valence-electron chi connectivity index (χ3n) is 6.19. The molecule has 2 saturated heterocycles. The summed E-state index contributed by atoms with van der Waals surface area (Å²) in [6, 6.07) is 19.2. The Labute approximate surface area is 174 Å². The highest BCUT2D eigenvalue weighted by atomic mass is 16.2. The highest BCUT2D eigenvalue weighted by molar-refractivity contribution is 5.76. The van der Waals surface area contributed by atoms with Crippen LogP contribution in [0.4, 0.5) is 11.4 Å². The lowest BCUT2D eigenvalue weighted by Gasteiger charge is -2.37. The van der Waals surface area contributed by atoms with Crippen molar-refractivity contribution in [2.24, 2.45) is 0 Å². The van der Waals surface area contributed by atoms with Crippen molar-refractivity contribution >= 4 is 17.3 Å². The number of carbonyl (C=O) groups excluding carboxylic acids is 1. The predicted molar refractivity (Wildman–Crippen MR) is 120 cm³/mol. The number of hydrogen-bond acceptors (Lipinski definition) is 4. The van der Waals surface area contributed by atoms with Gasteiger partial charge >= 0.3 is 0 Å². The van der Waals surface area contributed by atoms with Gasteiger partial charge in [-0.05, 0) is 43.3 Å². The second-order valence-corrected chi connectivity index (χ2v) is 8.16. The Hall–Kier alpha value is -2.53. The number of likely N-dealkylation sites (N-methyl/N-ethyl adjacent to an activating group) is 1. The van der Waals surface area contributed by atoms with Crippen molar-refractivity contribution in [3.8, 4) is 0 Å². The Morgan fingerprint density at radius 3 is 1.79 bits per heavy atom. The number of hydrogen-bond donors (Lipinski definition) is 0. The maximum absolute atomic E-state index is 12.6. The zero-order valence-electron chi connectivity index (χ0n) is 17.5. The molecule has 154 valence electrons. The second-order valence-electron chi connectivity index (χ2n) is 8.16. The lowest BCUT2D eigenvalue weighted by Crippen LogP contribution is -2.48. The highest BCUT2D eigenvalue weighted by Crippen LogP contribution is 2.23. The van der Waals surface area contributed by atoms with Gasteiger partial charge in [-0.15, -0.1) is 0 Å². The first kappa shape index (κ1) is 19.8. The van der Waals surface area contributed by atoms with Crippen molar-refractivity contribution in [1.82, 2.24) is 9.80 Å². The molecule has 0 radical (unpaired) electrons. The summed E-state index contributed by atoms with van der Waals surface area (Å²) in [7, 11) is 2.19. The summed E-state index contributed by atoms with van der Waals surface area (Å²) >= 11 is 0. The van der Waals surface area contributed by atoms with Crippen LogP contribution in [0.1, 0.15) is 12.0 Å². The Morgan fingerprint density at radius 1 is 0.724 bits per heavy atom. The van der Waals surface area contributed by atoms with Crippen LogP contribution in [-0.4, -0.2) is 75.1 Å². The van der Waals surface area contributed by atoms with Gasteiger partial charge < -0.3 is 19.6 Å². The molecule has 5 nitrogen and oxygen atoms in total. The SMILES string of the molecule is CN1CCN(c2ccc(N3CCN(C(=O)CCc4ccccc4)CC3)cc2)CC1. The fourth-order valence-electron chi connectivity index (χ4n) is 4.21. The van der Waals surface area contributed by atoms with Crippen LogP contribution < -0.4 is 9.80 Å². The van der Waals surface area contributed by atoms with Crippen LogP contribution in [0.5, 0.6) is 0 Å². The normalized spacial score (nSPS) is 18.2. The fraction of sp³-hybridized carbons (Fsp3) is 0.458. The molecule has 0 atom stereocenters. The third kappa shape index (κ3) is 5.10. The second kappa shape index (κ2) is 9.31. The molecule has 0 unspecified atom stereocenters. The molecular weight excluding hydrogens is 360 g/mol. The standard InChI is InChI=1S/C24H32N4O/c1-25-13-15-26(16-14-25)22-8-10-23(11-9-22)27-17-19-28(20-18-27)24(29)12-7-21-5-3-2-4-6-21/h2-6,8-11H,7,12-20H2,1H3. The molecule has 4 rings (SSSR count). The van der Waals surface area contributed by atoms with E-state index < -0.39 is 0 Å². The van der Waals surface area contributed by atoms with E-state index in [1.165, 1.54) is 16.9 Å². The number of carbonyl (C=O) groups is 1. The number of anilines is 2. The average molecular weight is 393 g/mol. The number of nitrogens with zero attached hydrogens (tertiary/aromatic N) is 4. The van der Waals surface area contributed by atoms with Crippen molar-refractivity contribution < 1.29 is 4.79 Å². The van der Waals surface area contributed by atoms with Crippen molar-refractivity contribution in [2.45, 2.75) is 12.8 Å². The molecule has 0 aliphatic carbocycles. The zero-order valence-corrected chi connectivity index (χ0v) is 17.5. The molecule has 29 heavy (non-hydrogen) atoms. The smallest absolute Gasteiger partial charge is 0.223 e. The molecule has 0 N–H and O–H groups in total. The van der Waals surface area contributed by atoms with Crippen molar-refractivity contribution in [2.75, 3.05) is 69.2 Å². The average Bonchev–Trinajstić information content (AvgIpc) is 2.79. The maximum atomic E-state index is 12.6. The van der Waals surface area contributed by atoms with E-state index in [1.54, 1.807) is 0 Å². The van der Waals surface area contributed by atoms with Crippen molar-refractivity contribution in [1.29, 1.82) is 0 Å². The van der Waals surface area contributed by atoms with E-state index in [-0.39, 0.29) is 5.91 Å². The summed E-state index contributed by atoms with van der Waals surface area (Å²) in [6.45, 7) is 7.89. The molecular formula is C24H32N4O. The maximum Gasteiger partial charge on any atom is 0.223 e. The summed E-state index contributed by atoms with van der Waals surface area (Å²) in [6.07, 6.45) is 1.43. The van der Waals surface area contributed by atoms with Gasteiger partial charge in [-0.25, -0.2) is 0 Å². The topological polar surface area (TPSA) is 30.0 Å². The van der Waals surface area contributed by atoms with E-state index in [9.17, 15) is 4.79 Å². The molecule has 2 heterocycles. The molecule has 2 fully saturated rings. The Kier molecular flexibility index (Phi) is 6.35. The van der Waals surface area contributed by atoms with Crippen LogP contribution in [-0.2, 0) is 11.2 Å². The first-order chi connectivity index (χ1) is 14.2. The van der Waals surface area contributed by atoms with Gasteiger partial charge in [0.15, 0.2) is 0 Å². The molecule has 2 aromatic rings. The minimum atomic E-state index is 0.277. The lowest BCUT2D eigenvalue weighted by atomic mass is 10.1. The summed E-state index contributed by atoms with van der Waals surface area (Å²) < 4.78 is 0. The molecule has 0 bridgehead atoms. The van der Waals surface area contributed by atoms with E-state index >= 15 is 0 Å². The molecule has 0 aromatic heterocycles. The van der Waals surface area contributed by atoms with Gasteiger partial charge in [0.2, 0.25) is 5.91 Å². The molecule has 0 saturated carbocycles. The van der Waals surface area contributed by atoms with Crippen LogP contribution in [0, 0.1) is 0 Å². The lowest BCUT2D eigenvalue weighted by molar-refractivity contribution is -0.131. The van der Waals surface area contributed by atoms with Crippen LogP contribution >= 0.6 is 0 Å². The van der Waals surface area contributed by atoms with Crippen LogP contribution in [0.3, 0.4) is 0 Å². The number of aryl methyl sites for hydroxylation is 1. The summed E-state index contributed by atoms with van der Waals surface area (Å²) in [5, 5.41) is 0. The van der Waals surface area contributed by atoms with Gasteiger partial charge in [0.1, 0.15) is 0 Å². The number of rotatable bonds is 5. The zero-order chi connectivity index (χ0) is 20.1.